The molecular formula is C13H8ClN3O. The number of halogens is 1. The summed E-state index contributed by atoms with van der Waals surface area (Å²) >= 11 is 5.83. The number of rotatable bonds is 2. The van der Waals surface area contributed by atoms with Crippen molar-refractivity contribution in [3.05, 3.63) is 53.2 Å². The molecule has 0 bridgehead atoms. The maximum atomic E-state index is 10.7. The summed E-state index contributed by atoms with van der Waals surface area (Å²) in [7, 11) is 0. The van der Waals surface area contributed by atoms with E-state index in [0.717, 1.165) is 11.8 Å². The smallest absolute Gasteiger partial charge is 0.182 e. The fourth-order valence-electron chi connectivity index (χ4n) is 1.69. The SMILES string of the molecule is O=Cc1ccn2nc(-c3ccc(Cl)cc3)nc2c1. The second-order valence-corrected chi connectivity index (χ2v) is 4.26. The van der Waals surface area contributed by atoms with Crippen LogP contribution in [0.4, 0.5) is 0 Å². The number of fused-ring (bicyclic) bond motifs is 1. The minimum Gasteiger partial charge on any atom is -0.298 e. The molecule has 3 rings (SSSR count). The molecule has 0 aliphatic rings. The number of pyridine rings is 1. The lowest BCUT2D eigenvalue weighted by Crippen LogP contribution is -1.88. The Hall–Kier alpha value is -2.20. The molecule has 0 aliphatic carbocycles. The number of benzene rings is 1. The molecule has 2 heterocycles. The number of hydrogen-bond donors (Lipinski definition) is 0. The average molecular weight is 258 g/mol. The molecule has 0 aliphatic heterocycles. The zero-order chi connectivity index (χ0) is 12.5. The van der Waals surface area contributed by atoms with Crippen LogP contribution >= 0.6 is 11.6 Å². The number of nitrogens with zero attached hydrogens (tertiary/aromatic N) is 3. The maximum absolute atomic E-state index is 10.7. The third-order valence-corrected chi connectivity index (χ3v) is 2.85. The lowest BCUT2D eigenvalue weighted by atomic mass is 10.2. The molecule has 88 valence electrons. The number of carbonyl (C=O) groups is 1. The third kappa shape index (κ3) is 1.87. The topological polar surface area (TPSA) is 47.3 Å². The minimum absolute atomic E-state index is 0.581. The fraction of sp³-hybridized carbons (Fsp3) is 0. The summed E-state index contributed by atoms with van der Waals surface area (Å²) < 4.78 is 1.64. The van der Waals surface area contributed by atoms with Crippen molar-refractivity contribution in [1.29, 1.82) is 0 Å². The van der Waals surface area contributed by atoms with Crippen molar-refractivity contribution in [2.24, 2.45) is 0 Å². The van der Waals surface area contributed by atoms with E-state index in [0.29, 0.717) is 22.1 Å². The fourth-order valence-corrected chi connectivity index (χ4v) is 1.82. The van der Waals surface area contributed by atoms with Crippen molar-refractivity contribution in [2.45, 2.75) is 0 Å². The van der Waals surface area contributed by atoms with Gasteiger partial charge >= 0.3 is 0 Å². The molecular weight excluding hydrogens is 250 g/mol. The first-order valence-corrected chi connectivity index (χ1v) is 5.71. The van der Waals surface area contributed by atoms with E-state index in [9.17, 15) is 4.79 Å². The molecule has 4 nitrogen and oxygen atoms in total. The molecule has 0 spiro atoms. The molecule has 0 fully saturated rings. The Morgan fingerprint density at radius 3 is 2.67 bits per heavy atom. The minimum atomic E-state index is 0.581. The van der Waals surface area contributed by atoms with Crippen molar-refractivity contribution < 1.29 is 4.79 Å². The Labute approximate surface area is 108 Å². The van der Waals surface area contributed by atoms with Crippen LogP contribution in [0.15, 0.2) is 42.6 Å². The lowest BCUT2D eigenvalue weighted by Gasteiger charge is -1.93. The Morgan fingerprint density at radius 2 is 1.94 bits per heavy atom. The molecule has 1 aromatic carbocycles. The summed E-state index contributed by atoms with van der Waals surface area (Å²) in [6, 6.07) is 10.7. The first-order valence-electron chi connectivity index (χ1n) is 5.34. The highest BCUT2D eigenvalue weighted by molar-refractivity contribution is 6.30. The molecule has 0 unspecified atom stereocenters. The van der Waals surface area contributed by atoms with Crippen LogP contribution in [0.2, 0.25) is 5.02 Å². The van der Waals surface area contributed by atoms with Crippen molar-refractivity contribution in [3.63, 3.8) is 0 Å². The van der Waals surface area contributed by atoms with Crippen LogP contribution in [-0.4, -0.2) is 20.9 Å². The molecule has 18 heavy (non-hydrogen) atoms. The molecule has 5 heteroatoms. The Morgan fingerprint density at radius 1 is 1.17 bits per heavy atom. The van der Waals surface area contributed by atoms with Gasteiger partial charge in [-0.1, -0.05) is 11.6 Å². The van der Waals surface area contributed by atoms with E-state index in [4.69, 9.17) is 11.6 Å². The number of aldehydes is 1. The van der Waals surface area contributed by atoms with Crippen LogP contribution in [0.25, 0.3) is 17.0 Å². The van der Waals surface area contributed by atoms with Gasteiger partial charge in [0, 0.05) is 22.3 Å². The van der Waals surface area contributed by atoms with Crippen LogP contribution < -0.4 is 0 Å². The van der Waals surface area contributed by atoms with Gasteiger partial charge in [-0.3, -0.25) is 4.79 Å². The second kappa shape index (κ2) is 4.23. The van der Waals surface area contributed by atoms with Crippen LogP contribution in [0.5, 0.6) is 0 Å². The highest BCUT2D eigenvalue weighted by Gasteiger charge is 2.06. The molecule has 2 aromatic heterocycles. The number of carbonyl (C=O) groups excluding carboxylic acids is 1. The Kier molecular flexibility index (Phi) is 2.57. The van der Waals surface area contributed by atoms with Crippen molar-refractivity contribution in [2.75, 3.05) is 0 Å². The van der Waals surface area contributed by atoms with E-state index in [-0.39, 0.29) is 0 Å². The maximum Gasteiger partial charge on any atom is 0.182 e. The molecule has 3 aromatic rings. The number of aromatic nitrogens is 3. The van der Waals surface area contributed by atoms with Gasteiger partial charge in [0.1, 0.15) is 6.29 Å². The summed E-state index contributed by atoms with van der Waals surface area (Å²) in [4.78, 5) is 15.1. The van der Waals surface area contributed by atoms with E-state index < -0.39 is 0 Å². The summed E-state index contributed by atoms with van der Waals surface area (Å²) in [5, 5.41) is 5.01. The van der Waals surface area contributed by atoms with Gasteiger partial charge in [-0.2, -0.15) is 0 Å². The first-order chi connectivity index (χ1) is 8.76. The van der Waals surface area contributed by atoms with Gasteiger partial charge in [0.2, 0.25) is 0 Å². The molecule has 0 N–H and O–H groups in total. The van der Waals surface area contributed by atoms with Gasteiger partial charge in [0.05, 0.1) is 0 Å². The van der Waals surface area contributed by atoms with E-state index >= 15 is 0 Å². The van der Waals surface area contributed by atoms with E-state index in [1.807, 2.05) is 12.1 Å². The number of hydrogen-bond acceptors (Lipinski definition) is 3. The molecule has 0 atom stereocenters. The van der Waals surface area contributed by atoms with Crippen LogP contribution in [0.1, 0.15) is 10.4 Å². The quantitative estimate of drug-likeness (QED) is 0.663. The monoisotopic (exact) mass is 257 g/mol. The predicted molar refractivity (Wildman–Crippen MR) is 68.8 cm³/mol. The molecule has 0 radical (unpaired) electrons. The van der Waals surface area contributed by atoms with Crippen molar-refractivity contribution >= 4 is 23.5 Å². The van der Waals surface area contributed by atoms with Gasteiger partial charge < -0.3 is 0 Å². The zero-order valence-corrected chi connectivity index (χ0v) is 10.0. The third-order valence-electron chi connectivity index (χ3n) is 2.60. The summed E-state index contributed by atoms with van der Waals surface area (Å²) in [6.45, 7) is 0. The summed E-state index contributed by atoms with van der Waals surface area (Å²) in [5.74, 6) is 0.606. The van der Waals surface area contributed by atoms with Gasteiger partial charge in [-0.05, 0) is 36.4 Å². The van der Waals surface area contributed by atoms with Gasteiger partial charge in [-0.15, -0.1) is 5.10 Å². The molecule has 0 saturated heterocycles. The lowest BCUT2D eigenvalue weighted by molar-refractivity contribution is 0.112. The van der Waals surface area contributed by atoms with Crippen LogP contribution in [0, 0.1) is 0 Å². The Balaban J connectivity index is 2.12. The van der Waals surface area contributed by atoms with Crippen molar-refractivity contribution in [1.82, 2.24) is 14.6 Å². The van der Waals surface area contributed by atoms with Crippen molar-refractivity contribution in [3.8, 4) is 11.4 Å². The van der Waals surface area contributed by atoms with Crippen LogP contribution in [-0.2, 0) is 0 Å². The van der Waals surface area contributed by atoms with Gasteiger partial charge in [0.15, 0.2) is 11.5 Å². The predicted octanol–water partition coefficient (Wildman–Crippen LogP) is 2.86. The highest BCUT2D eigenvalue weighted by atomic mass is 35.5. The highest BCUT2D eigenvalue weighted by Crippen LogP contribution is 2.19. The van der Waals surface area contributed by atoms with Gasteiger partial charge in [-0.25, -0.2) is 9.50 Å². The average Bonchev–Trinajstić information content (AvgIpc) is 2.82. The zero-order valence-electron chi connectivity index (χ0n) is 9.25. The van der Waals surface area contributed by atoms with Gasteiger partial charge in [0.25, 0.3) is 0 Å². The summed E-state index contributed by atoms with van der Waals surface area (Å²) in [5.41, 5.74) is 2.11. The molecule has 0 amide bonds. The molecule has 0 saturated carbocycles. The Bertz CT molecular complexity index is 719. The van der Waals surface area contributed by atoms with E-state index in [1.165, 1.54) is 0 Å². The summed E-state index contributed by atoms with van der Waals surface area (Å²) in [6.07, 6.45) is 2.50. The normalized spacial score (nSPS) is 10.7. The van der Waals surface area contributed by atoms with Crippen LogP contribution in [0.3, 0.4) is 0 Å². The van der Waals surface area contributed by atoms with E-state index in [2.05, 4.69) is 10.1 Å². The largest absolute Gasteiger partial charge is 0.298 e. The standard InChI is InChI=1S/C13H8ClN3O/c14-11-3-1-10(2-4-11)13-15-12-7-9(8-18)5-6-17(12)16-13/h1-8H. The second-order valence-electron chi connectivity index (χ2n) is 3.82. The first kappa shape index (κ1) is 10.9. The van der Waals surface area contributed by atoms with E-state index in [1.54, 1.807) is 35.0 Å².